The molecule has 0 unspecified atom stereocenters. The molecule has 1 aliphatic rings. The number of ether oxygens (including phenoxy) is 1. The van der Waals surface area contributed by atoms with Gasteiger partial charge in [-0.05, 0) is 12.8 Å². The molecule has 0 aromatic carbocycles. The van der Waals surface area contributed by atoms with Gasteiger partial charge in [0.15, 0.2) is 0 Å². The molecule has 0 heterocycles. The first-order valence-corrected chi connectivity index (χ1v) is 2.58. The van der Waals surface area contributed by atoms with Gasteiger partial charge in [0, 0.05) is 13.7 Å². The summed E-state index contributed by atoms with van der Waals surface area (Å²) in [4.78, 5) is 0. The van der Waals surface area contributed by atoms with E-state index in [2.05, 4.69) is 0 Å². The first-order chi connectivity index (χ1) is 3.33. The molecule has 50 valence electrons. The Morgan fingerprint density at radius 2 is 2.12 bits per heavy atom. The zero-order valence-electron chi connectivity index (χ0n) is 5.02. The number of rotatable bonds is 2. The van der Waals surface area contributed by atoms with Crippen molar-refractivity contribution in [2.45, 2.75) is 18.4 Å². The van der Waals surface area contributed by atoms with Crippen molar-refractivity contribution in [3.63, 3.8) is 0 Å². The molecule has 0 aromatic heterocycles. The third-order valence-electron chi connectivity index (χ3n) is 1.61. The number of halogens is 1. The van der Waals surface area contributed by atoms with Crippen LogP contribution in [0.2, 0.25) is 0 Å². The highest BCUT2D eigenvalue weighted by Crippen LogP contribution is 2.37. The smallest absolute Gasteiger partial charge is 0.0802 e. The van der Waals surface area contributed by atoms with Gasteiger partial charge in [-0.1, -0.05) is 0 Å². The van der Waals surface area contributed by atoms with Crippen LogP contribution in [0.4, 0.5) is 0 Å². The fourth-order valence-corrected chi connectivity index (χ4v) is 0.631. The van der Waals surface area contributed by atoms with Crippen molar-refractivity contribution in [3.05, 3.63) is 0 Å². The van der Waals surface area contributed by atoms with Gasteiger partial charge in [-0.25, -0.2) is 0 Å². The van der Waals surface area contributed by atoms with Gasteiger partial charge in [-0.2, -0.15) is 0 Å². The predicted molar refractivity (Wildman–Crippen MR) is 35.3 cm³/mol. The molecule has 0 radical (unpaired) electrons. The van der Waals surface area contributed by atoms with Crippen molar-refractivity contribution in [2.24, 2.45) is 5.73 Å². The summed E-state index contributed by atoms with van der Waals surface area (Å²) in [6.45, 7) is 0.684. The number of hydrogen-bond donors (Lipinski definition) is 1. The molecule has 0 aromatic rings. The normalized spacial score (nSPS) is 21.8. The molecule has 0 aliphatic heterocycles. The Morgan fingerprint density at radius 3 is 2.12 bits per heavy atom. The molecule has 8 heavy (non-hydrogen) atoms. The van der Waals surface area contributed by atoms with Crippen LogP contribution in [0.25, 0.3) is 0 Å². The SMILES string of the molecule is COC1(CN)CC1.Cl. The Hall–Kier alpha value is 0.210. The Balaban J connectivity index is 0.000000490. The van der Waals surface area contributed by atoms with E-state index in [-0.39, 0.29) is 18.0 Å². The van der Waals surface area contributed by atoms with Crippen LogP contribution in [0.15, 0.2) is 0 Å². The highest BCUT2D eigenvalue weighted by atomic mass is 35.5. The van der Waals surface area contributed by atoms with Crippen molar-refractivity contribution >= 4 is 12.4 Å². The van der Waals surface area contributed by atoms with Crippen LogP contribution in [0.1, 0.15) is 12.8 Å². The van der Waals surface area contributed by atoms with E-state index in [1.165, 1.54) is 0 Å². The lowest BCUT2D eigenvalue weighted by Gasteiger charge is -2.06. The molecule has 2 nitrogen and oxygen atoms in total. The summed E-state index contributed by atoms with van der Waals surface area (Å²) in [6.07, 6.45) is 2.31. The highest BCUT2D eigenvalue weighted by molar-refractivity contribution is 5.85. The molecular weight excluding hydrogens is 126 g/mol. The van der Waals surface area contributed by atoms with Crippen molar-refractivity contribution in [1.29, 1.82) is 0 Å². The highest BCUT2D eigenvalue weighted by Gasteiger charge is 2.41. The second-order valence-electron chi connectivity index (χ2n) is 2.09. The minimum absolute atomic E-state index is 0. The summed E-state index contributed by atoms with van der Waals surface area (Å²) in [5, 5.41) is 0. The van der Waals surface area contributed by atoms with Gasteiger partial charge in [0.1, 0.15) is 0 Å². The molecule has 1 rings (SSSR count). The second-order valence-corrected chi connectivity index (χ2v) is 2.09. The number of hydrogen-bond acceptors (Lipinski definition) is 2. The maximum Gasteiger partial charge on any atom is 0.0802 e. The lowest BCUT2D eigenvalue weighted by Crippen LogP contribution is -2.23. The van der Waals surface area contributed by atoms with Gasteiger partial charge >= 0.3 is 0 Å². The second kappa shape index (κ2) is 2.67. The molecular formula is C5H12ClNO. The van der Waals surface area contributed by atoms with Gasteiger partial charge in [0.2, 0.25) is 0 Å². The van der Waals surface area contributed by atoms with Crippen LogP contribution in [0.3, 0.4) is 0 Å². The van der Waals surface area contributed by atoms with Crippen LogP contribution in [-0.2, 0) is 4.74 Å². The van der Waals surface area contributed by atoms with Crippen molar-refractivity contribution < 1.29 is 4.74 Å². The van der Waals surface area contributed by atoms with Crippen LogP contribution in [0, 0.1) is 0 Å². The van der Waals surface area contributed by atoms with Gasteiger partial charge in [-0.3, -0.25) is 0 Å². The quantitative estimate of drug-likeness (QED) is 0.603. The van der Waals surface area contributed by atoms with Crippen LogP contribution >= 0.6 is 12.4 Å². The van der Waals surface area contributed by atoms with E-state index < -0.39 is 0 Å². The Labute approximate surface area is 55.8 Å². The monoisotopic (exact) mass is 137 g/mol. The predicted octanol–water partition coefficient (Wildman–Crippen LogP) is 0.546. The summed E-state index contributed by atoms with van der Waals surface area (Å²) in [5.41, 5.74) is 5.47. The van der Waals surface area contributed by atoms with Gasteiger partial charge in [0.05, 0.1) is 5.60 Å². The first-order valence-electron chi connectivity index (χ1n) is 2.58. The minimum Gasteiger partial charge on any atom is -0.377 e. The summed E-state index contributed by atoms with van der Waals surface area (Å²) < 4.78 is 5.07. The first kappa shape index (κ1) is 8.21. The molecule has 0 amide bonds. The standard InChI is InChI=1S/C5H11NO.ClH/c1-7-5(4-6)2-3-5;/h2-4,6H2,1H3;1H. The maximum atomic E-state index is 5.35. The Kier molecular flexibility index (Phi) is 2.74. The van der Waals surface area contributed by atoms with E-state index in [0.29, 0.717) is 6.54 Å². The molecule has 0 saturated heterocycles. The van der Waals surface area contributed by atoms with Crippen LogP contribution < -0.4 is 5.73 Å². The summed E-state index contributed by atoms with van der Waals surface area (Å²) in [7, 11) is 1.72. The average molecular weight is 138 g/mol. The van der Waals surface area contributed by atoms with E-state index in [1.54, 1.807) is 7.11 Å². The molecule has 1 aliphatic carbocycles. The fourth-order valence-electron chi connectivity index (χ4n) is 0.631. The van der Waals surface area contributed by atoms with E-state index >= 15 is 0 Å². The maximum absolute atomic E-state index is 5.35. The molecule has 0 spiro atoms. The lowest BCUT2D eigenvalue weighted by atomic mass is 10.3. The molecule has 3 heteroatoms. The number of nitrogens with two attached hydrogens (primary N) is 1. The molecule has 0 atom stereocenters. The average Bonchev–Trinajstić information content (AvgIpc) is 2.46. The van der Waals surface area contributed by atoms with E-state index in [0.717, 1.165) is 12.8 Å². The topological polar surface area (TPSA) is 35.2 Å². The largest absolute Gasteiger partial charge is 0.377 e. The molecule has 1 fully saturated rings. The van der Waals surface area contributed by atoms with Crippen LogP contribution in [0.5, 0.6) is 0 Å². The van der Waals surface area contributed by atoms with Crippen molar-refractivity contribution in [2.75, 3.05) is 13.7 Å². The molecule has 2 N–H and O–H groups in total. The summed E-state index contributed by atoms with van der Waals surface area (Å²) in [6, 6.07) is 0. The molecule has 0 bridgehead atoms. The number of methoxy groups -OCH3 is 1. The Bertz CT molecular complexity index is 66.8. The third-order valence-corrected chi connectivity index (χ3v) is 1.61. The van der Waals surface area contributed by atoms with Crippen molar-refractivity contribution in [3.8, 4) is 0 Å². The third kappa shape index (κ3) is 1.34. The van der Waals surface area contributed by atoms with E-state index in [9.17, 15) is 0 Å². The summed E-state index contributed by atoms with van der Waals surface area (Å²) in [5.74, 6) is 0. The fraction of sp³-hybridized carbons (Fsp3) is 1.00. The van der Waals surface area contributed by atoms with Crippen LogP contribution in [-0.4, -0.2) is 19.3 Å². The zero-order chi connectivity index (χ0) is 5.33. The zero-order valence-corrected chi connectivity index (χ0v) is 5.83. The van der Waals surface area contributed by atoms with E-state index in [4.69, 9.17) is 10.5 Å². The Morgan fingerprint density at radius 1 is 1.62 bits per heavy atom. The van der Waals surface area contributed by atoms with Gasteiger partial charge in [-0.15, -0.1) is 12.4 Å². The van der Waals surface area contributed by atoms with E-state index in [1.807, 2.05) is 0 Å². The van der Waals surface area contributed by atoms with Gasteiger partial charge < -0.3 is 10.5 Å². The minimum atomic E-state index is 0. The van der Waals surface area contributed by atoms with Gasteiger partial charge in [0.25, 0.3) is 0 Å². The molecule has 1 saturated carbocycles. The van der Waals surface area contributed by atoms with Crippen molar-refractivity contribution in [1.82, 2.24) is 0 Å². The lowest BCUT2D eigenvalue weighted by molar-refractivity contribution is 0.0878. The summed E-state index contributed by atoms with van der Waals surface area (Å²) >= 11 is 0.